The summed E-state index contributed by atoms with van der Waals surface area (Å²) in [6.07, 6.45) is 1.79. The molecule has 2 rings (SSSR count). The summed E-state index contributed by atoms with van der Waals surface area (Å²) in [5, 5.41) is 12.8. The number of nitrogens with zero attached hydrogens (tertiary/aromatic N) is 1. The lowest BCUT2D eigenvalue weighted by Crippen LogP contribution is -2.44. The van der Waals surface area contributed by atoms with E-state index in [2.05, 4.69) is 10.2 Å². The Morgan fingerprint density at radius 1 is 1.45 bits per heavy atom. The molecule has 110 valence electrons. The second-order valence-electron chi connectivity index (χ2n) is 5.39. The van der Waals surface area contributed by atoms with E-state index in [1.165, 1.54) is 13.0 Å². The second kappa shape index (κ2) is 6.22. The molecule has 0 bridgehead atoms. The number of hydrogen-bond acceptors (Lipinski definition) is 3. The Hall–Kier alpha value is -1.62. The molecule has 0 aromatic heterocycles. The van der Waals surface area contributed by atoms with Crippen LogP contribution in [0.15, 0.2) is 18.2 Å². The quantitative estimate of drug-likeness (QED) is 0.892. The van der Waals surface area contributed by atoms with Crippen molar-refractivity contribution in [3.8, 4) is 5.75 Å². The minimum absolute atomic E-state index is 0.00137. The third-order valence-corrected chi connectivity index (χ3v) is 3.93. The Morgan fingerprint density at radius 3 is 2.65 bits per heavy atom. The highest BCUT2D eigenvalue weighted by molar-refractivity contribution is 5.73. The number of carbonyl (C=O) groups excluding carboxylic acids is 1. The van der Waals surface area contributed by atoms with Crippen LogP contribution in [-0.4, -0.2) is 35.0 Å². The Labute approximate surface area is 118 Å². The number of benzene rings is 1. The molecule has 4 nitrogen and oxygen atoms in total. The van der Waals surface area contributed by atoms with Gasteiger partial charge in [0.1, 0.15) is 11.6 Å². The van der Waals surface area contributed by atoms with Crippen LogP contribution in [-0.2, 0) is 4.79 Å². The van der Waals surface area contributed by atoms with Crippen LogP contribution in [0.2, 0.25) is 0 Å². The van der Waals surface area contributed by atoms with E-state index < -0.39 is 5.82 Å². The first-order chi connectivity index (χ1) is 9.47. The largest absolute Gasteiger partial charge is 0.508 e. The summed E-state index contributed by atoms with van der Waals surface area (Å²) in [5.41, 5.74) is 0.740. The Kier molecular flexibility index (Phi) is 4.60. The molecule has 20 heavy (non-hydrogen) atoms. The van der Waals surface area contributed by atoms with Crippen LogP contribution >= 0.6 is 0 Å². The lowest BCUT2D eigenvalue weighted by molar-refractivity contribution is -0.120. The average molecular weight is 280 g/mol. The number of phenolic OH excluding ortho intramolecular Hbond substituents is 1. The Balaban J connectivity index is 1.97. The van der Waals surface area contributed by atoms with Crippen molar-refractivity contribution in [3.63, 3.8) is 0 Å². The maximum absolute atomic E-state index is 13.0. The van der Waals surface area contributed by atoms with Gasteiger partial charge in [0.05, 0.1) is 0 Å². The molecule has 1 saturated heterocycles. The molecule has 1 aliphatic rings. The fourth-order valence-corrected chi connectivity index (χ4v) is 2.79. The first kappa shape index (κ1) is 14.8. The Morgan fingerprint density at radius 2 is 2.10 bits per heavy atom. The van der Waals surface area contributed by atoms with Gasteiger partial charge in [-0.1, -0.05) is 6.07 Å². The van der Waals surface area contributed by atoms with Gasteiger partial charge in [0.2, 0.25) is 5.91 Å². The number of phenols is 1. The number of halogens is 1. The molecular formula is C15H21FN2O2. The second-order valence-corrected chi connectivity index (χ2v) is 5.39. The predicted octanol–water partition coefficient (Wildman–Crippen LogP) is 2.19. The van der Waals surface area contributed by atoms with Crippen LogP contribution in [0.1, 0.15) is 38.3 Å². The smallest absolute Gasteiger partial charge is 0.217 e. The summed E-state index contributed by atoms with van der Waals surface area (Å²) in [6, 6.07) is 4.42. The number of rotatable bonds is 3. The van der Waals surface area contributed by atoms with Crippen LogP contribution in [0.3, 0.4) is 0 Å². The van der Waals surface area contributed by atoms with E-state index >= 15 is 0 Å². The highest BCUT2D eigenvalue weighted by Gasteiger charge is 2.25. The predicted molar refractivity (Wildman–Crippen MR) is 74.9 cm³/mol. The molecule has 5 heteroatoms. The number of piperidine rings is 1. The lowest BCUT2D eigenvalue weighted by atomic mass is 9.99. The van der Waals surface area contributed by atoms with Crippen molar-refractivity contribution in [1.29, 1.82) is 0 Å². The van der Waals surface area contributed by atoms with E-state index in [1.54, 1.807) is 6.07 Å². The van der Waals surface area contributed by atoms with E-state index in [0.717, 1.165) is 37.6 Å². The standard InChI is InChI=1S/C15H21FN2O2/c1-10(14-4-3-12(16)9-15(14)20)18-7-5-13(6-8-18)17-11(2)19/h3-4,9-10,13,20H,5-8H2,1-2H3,(H,17,19). The summed E-state index contributed by atoms with van der Waals surface area (Å²) in [7, 11) is 0. The summed E-state index contributed by atoms with van der Waals surface area (Å²) in [6.45, 7) is 5.24. The van der Waals surface area contributed by atoms with Gasteiger partial charge >= 0.3 is 0 Å². The monoisotopic (exact) mass is 280 g/mol. The lowest BCUT2D eigenvalue weighted by Gasteiger charge is -2.36. The van der Waals surface area contributed by atoms with Gasteiger partial charge in [-0.3, -0.25) is 9.69 Å². The molecule has 1 unspecified atom stereocenters. The van der Waals surface area contributed by atoms with E-state index in [4.69, 9.17) is 0 Å². The minimum atomic E-state index is -0.428. The van der Waals surface area contributed by atoms with Crippen LogP contribution < -0.4 is 5.32 Å². The van der Waals surface area contributed by atoms with E-state index in [9.17, 15) is 14.3 Å². The molecule has 0 radical (unpaired) electrons. The van der Waals surface area contributed by atoms with Crippen molar-refractivity contribution >= 4 is 5.91 Å². The van der Waals surface area contributed by atoms with Crippen LogP contribution in [0, 0.1) is 5.82 Å². The zero-order valence-electron chi connectivity index (χ0n) is 11.9. The van der Waals surface area contributed by atoms with Gasteiger partial charge in [0.25, 0.3) is 0 Å². The van der Waals surface area contributed by atoms with Crippen molar-refractivity contribution < 1.29 is 14.3 Å². The van der Waals surface area contributed by atoms with Gasteiger partial charge in [-0.05, 0) is 25.8 Å². The SMILES string of the molecule is CC(=O)NC1CCN(C(C)c2ccc(F)cc2O)CC1. The van der Waals surface area contributed by atoms with E-state index in [-0.39, 0.29) is 23.7 Å². The maximum atomic E-state index is 13.0. The van der Waals surface area contributed by atoms with E-state index in [1.807, 2.05) is 6.92 Å². The van der Waals surface area contributed by atoms with Gasteiger partial charge in [-0.15, -0.1) is 0 Å². The van der Waals surface area contributed by atoms with Crippen LogP contribution in [0.5, 0.6) is 5.75 Å². The summed E-state index contributed by atoms with van der Waals surface area (Å²) in [5.74, 6) is -0.419. The normalized spacial score (nSPS) is 18.8. The first-order valence-corrected chi connectivity index (χ1v) is 6.97. The maximum Gasteiger partial charge on any atom is 0.217 e. The molecular weight excluding hydrogens is 259 g/mol. The molecule has 1 aliphatic heterocycles. The van der Waals surface area contributed by atoms with Crippen molar-refractivity contribution in [3.05, 3.63) is 29.6 Å². The number of aromatic hydroxyl groups is 1. The number of nitrogens with one attached hydrogen (secondary N) is 1. The molecule has 1 fully saturated rings. The third kappa shape index (κ3) is 3.48. The highest BCUT2D eigenvalue weighted by atomic mass is 19.1. The van der Waals surface area contributed by atoms with Gasteiger partial charge in [-0.25, -0.2) is 4.39 Å². The van der Waals surface area contributed by atoms with Crippen molar-refractivity contribution in [2.75, 3.05) is 13.1 Å². The summed E-state index contributed by atoms with van der Waals surface area (Å²) in [4.78, 5) is 13.3. The third-order valence-electron chi connectivity index (χ3n) is 3.93. The molecule has 0 spiro atoms. The summed E-state index contributed by atoms with van der Waals surface area (Å²) < 4.78 is 13.0. The number of carbonyl (C=O) groups is 1. The van der Waals surface area contributed by atoms with E-state index in [0.29, 0.717) is 0 Å². The fourth-order valence-electron chi connectivity index (χ4n) is 2.79. The molecule has 1 aromatic carbocycles. The first-order valence-electron chi connectivity index (χ1n) is 6.97. The van der Waals surface area contributed by atoms with Gasteiger partial charge in [0.15, 0.2) is 0 Å². The van der Waals surface area contributed by atoms with Crippen molar-refractivity contribution in [2.24, 2.45) is 0 Å². The zero-order chi connectivity index (χ0) is 14.7. The highest BCUT2D eigenvalue weighted by Crippen LogP contribution is 2.30. The topological polar surface area (TPSA) is 52.6 Å². The molecule has 1 atom stereocenters. The molecule has 1 amide bonds. The molecule has 0 aliphatic carbocycles. The van der Waals surface area contributed by atoms with Gasteiger partial charge in [-0.2, -0.15) is 0 Å². The molecule has 1 aromatic rings. The summed E-state index contributed by atoms with van der Waals surface area (Å²) >= 11 is 0. The van der Waals surface area contributed by atoms with Crippen LogP contribution in [0.25, 0.3) is 0 Å². The van der Waals surface area contributed by atoms with Crippen molar-refractivity contribution in [2.45, 2.75) is 38.8 Å². The number of amides is 1. The molecule has 1 heterocycles. The van der Waals surface area contributed by atoms with Crippen LogP contribution in [0.4, 0.5) is 4.39 Å². The molecule has 0 saturated carbocycles. The molecule has 2 N–H and O–H groups in total. The number of likely N-dealkylation sites (tertiary alicyclic amines) is 1. The number of hydrogen-bond donors (Lipinski definition) is 2. The Bertz CT molecular complexity index is 485. The van der Waals surface area contributed by atoms with Gasteiger partial charge in [0, 0.05) is 43.7 Å². The van der Waals surface area contributed by atoms with Gasteiger partial charge < -0.3 is 10.4 Å². The minimum Gasteiger partial charge on any atom is -0.508 e. The average Bonchev–Trinajstić information content (AvgIpc) is 2.38. The van der Waals surface area contributed by atoms with Crippen molar-refractivity contribution in [1.82, 2.24) is 10.2 Å². The zero-order valence-corrected chi connectivity index (χ0v) is 11.9. The fraction of sp³-hybridized carbons (Fsp3) is 0.533.